The van der Waals surface area contributed by atoms with E-state index in [-0.39, 0.29) is 6.04 Å². The second-order valence-corrected chi connectivity index (χ2v) is 5.09. The Balaban J connectivity index is 1.97. The summed E-state index contributed by atoms with van der Waals surface area (Å²) in [6.07, 6.45) is 3.09. The van der Waals surface area contributed by atoms with Crippen LogP contribution in [-0.4, -0.2) is 12.8 Å². The van der Waals surface area contributed by atoms with Gasteiger partial charge < -0.3 is 15.2 Å². The fraction of sp³-hybridized carbons (Fsp3) is 0.571. The molecule has 1 aromatic rings. The lowest BCUT2D eigenvalue weighted by molar-refractivity contribution is 0.173. The van der Waals surface area contributed by atoms with E-state index in [0.717, 1.165) is 29.9 Å². The fourth-order valence-corrected chi connectivity index (χ4v) is 2.08. The summed E-state index contributed by atoms with van der Waals surface area (Å²) in [5.41, 5.74) is 7.31. The van der Waals surface area contributed by atoms with Crippen LogP contribution in [0, 0.1) is 5.92 Å². The predicted molar refractivity (Wildman–Crippen MR) is 68.3 cm³/mol. The van der Waals surface area contributed by atoms with E-state index < -0.39 is 0 Å². The van der Waals surface area contributed by atoms with Gasteiger partial charge in [0.1, 0.15) is 0 Å². The van der Waals surface area contributed by atoms with Crippen LogP contribution in [0.5, 0.6) is 11.5 Å². The molecule has 1 aromatic carbocycles. The van der Waals surface area contributed by atoms with Gasteiger partial charge in [0.15, 0.2) is 11.5 Å². The van der Waals surface area contributed by atoms with E-state index in [9.17, 15) is 0 Å². The van der Waals surface area contributed by atoms with Gasteiger partial charge in [-0.05, 0) is 36.8 Å². The second kappa shape index (κ2) is 5.41. The Morgan fingerprint density at radius 2 is 2.06 bits per heavy atom. The predicted octanol–water partition coefficient (Wildman–Crippen LogP) is 2.72. The third-order valence-electron chi connectivity index (χ3n) is 3.08. The summed E-state index contributed by atoms with van der Waals surface area (Å²) >= 11 is 0. The molecule has 0 spiro atoms. The number of fused-ring (bicyclic) bond motifs is 1. The molecule has 0 radical (unpaired) electrons. The van der Waals surface area contributed by atoms with Crippen molar-refractivity contribution in [2.24, 2.45) is 11.7 Å². The Hall–Kier alpha value is -1.22. The lowest BCUT2D eigenvalue weighted by atomic mass is 9.98. The van der Waals surface area contributed by atoms with Gasteiger partial charge >= 0.3 is 0 Å². The maximum atomic E-state index is 6.15. The zero-order valence-electron chi connectivity index (χ0n) is 10.6. The minimum Gasteiger partial charge on any atom is -0.454 e. The molecule has 0 aromatic heterocycles. The van der Waals surface area contributed by atoms with Gasteiger partial charge in [-0.15, -0.1) is 0 Å². The van der Waals surface area contributed by atoms with Crippen LogP contribution in [0.15, 0.2) is 18.2 Å². The highest BCUT2D eigenvalue weighted by molar-refractivity contribution is 5.48. The van der Waals surface area contributed by atoms with Crippen molar-refractivity contribution in [3.63, 3.8) is 0 Å². The van der Waals surface area contributed by atoms with Crippen molar-refractivity contribution in [3.05, 3.63) is 23.8 Å². The molecule has 0 fully saturated rings. The molecule has 0 amide bonds. The Morgan fingerprint density at radius 3 is 2.82 bits per heavy atom. The van der Waals surface area contributed by atoms with Gasteiger partial charge in [0.25, 0.3) is 0 Å². The van der Waals surface area contributed by atoms with Crippen LogP contribution in [0.1, 0.15) is 32.3 Å². The van der Waals surface area contributed by atoms with Crippen molar-refractivity contribution in [1.82, 2.24) is 0 Å². The number of benzene rings is 1. The highest BCUT2D eigenvalue weighted by Crippen LogP contribution is 2.35. The van der Waals surface area contributed by atoms with Crippen LogP contribution in [0.25, 0.3) is 0 Å². The summed E-state index contributed by atoms with van der Waals surface area (Å²) in [4.78, 5) is 0. The normalized spacial score (nSPS) is 15.3. The van der Waals surface area contributed by atoms with Crippen molar-refractivity contribution in [2.45, 2.75) is 39.2 Å². The smallest absolute Gasteiger partial charge is 0.231 e. The Labute approximate surface area is 103 Å². The highest BCUT2D eigenvalue weighted by Gasteiger charge is 2.18. The van der Waals surface area contributed by atoms with Crippen LogP contribution < -0.4 is 15.2 Å². The van der Waals surface area contributed by atoms with Gasteiger partial charge in [0, 0.05) is 6.04 Å². The standard InChI is InChI=1S/C14H21NO2/c1-10(2)6-7-12(15)8-11-4-3-5-13-14(11)17-9-16-13/h3-5,10,12H,6-9,15H2,1-2H3. The highest BCUT2D eigenvalue weighted by atomic mass is 16.7. The number of para-hydroxylation sites is 1. The molecule has 0 aliphatic carbocycles. The Morgan fingerprint density at radius 1 is 1.24 bits per heavy atom. The topological polar surface area (TPSA) is 44.5 Å². The largest absolute Gasteiger partial charge is 0.454 e. The van der Waals surface area contributed by atoms with Crippen LogP contribution in [0.4, 0.5) is 0 Å². The van der Waals surface area contributed by atoms with Crippen molar-refractivity contribution in [1.29, 1.82) is 0 Å². The molecule has 0 saturated carbocycles. The lowest BCUT2D eigenvalue weighted by Gasteiger charge is -2.14. The van der Waals surface area contributed by atoms with Gasteiger partial charge in [-0.3, -0.25) is 0 Å². The first-order valence-electron chi connectivity index (χ1n) is 6.30. The van der Waals surface area contributed by atoms with Gasteiger partial charge in [-0.25, -0.2) is 0 Å². The summed E-state index contributed by atoms with van der Waals surface area (Å²) in [7, 11) is 0. The van der Waals surface area contributed by atoms with Gasteiger partial charge in [0.05, 0.1) is 0 Å². The number of hydrogen-bond donors (Lipinski definition) is 1. The summed E-state index contributed by atoms with van der Waals surface area (Å²) in [5.74, 6) is 2.44. The summed E-state index contributed by atoms with van der Waals surface area (Å²) in [6.45, 7) is 4.78. The van der Waals surface area contributed by atoms with E-state index in [1.165, 1.54) is 6.42 Å². The first-order chi connectivity index (χ1) is 8.16. The van der Waals surface area contributed by atoms with Gasteiger partial charge in [-0.1, -0.05) is 26.0 Å². The molecule has 94 valence electrons. The van der Waals surface area contributed by atoms with E-state index in [2.05, 4.69) is 19.9 Å². The third kappa shape index (κ3) is 3.13. The molecule has 1 atom stereocenters. The number of ether oxygens (including phenoxy) is 2. The van der Waals surface area contributed by atoms with E-state index in [4.69, 9.17) is 15.2 Å². The summed E-state index contributed by atoms with van der Waals surface area (Å²) < 4.78 is 10.8. The molecule has 2 rings (SSSR count). The molecule has 1 heterocycles. The maximum absolute atomic E-state index is 6.15. The van der Waals surface area contributed by atoms with Crippen LogP contribution >= 0.6 is 0 Å². The average Bonchev–Trinajstić information content (AvgIpc) is 2.75. The Bertz CT molecular complexity index is 376. The lowest BCUT2D eigenvalue weighted by Crippen LogP contribution is -2.23. The van der Waals surface area contributed by atoms with Gasteiger partial charge in [-0.2, -0.15) is 0 Å². The molecule has 2 N–H and O–H groups in total. The third-order valence-corrected chi connectivity index (χ3v) is 3.08. The molecular formula is C14H21NO2. The summed E-state index contributed by atoms with van der Waals surface area (Å²) in [6, 6.07) is 6.21. The van der Waals surface area contributed by atoms with E-state index in [0.29, 0.717) is 12.7 Å². The van der Waals surface area contributed by atoms with Crippen molar-refractivity contribution >= 4 is 0 Å². The zero-order chi connectivity index (χ0) is 12.3. The first kappa shape index (κ1) is 12.2. The number of nitrogens with two attached hydrogens (primary N) is 1. The molecule has 3 nitrogen and oxygen atoms in total. The van der Waals surface area contributed by atoms with Crippen molar-refractivity contribution < 1.29 is 9.47 Å². The molecule has 1 aliphatic rings. The maximum Gasteiger partial charge on any atom is 0.231 e. The van der Waals surface area contributed by atoms with Crippen LogP contribution in [-0.2, 0) is 6.42 Å². The van der Waals surface area contributed by atoms with Crippen LogP contribution in [0.2, 0.25) is 0 Å². The molecule has 1 aliphatic heterocycles. The average molecular weight is 235 g/mol. The number of rotatable bonds is 5. The minimum atomic E-state index is 0.202. The molecule has 0 saturated heterocycles. The van der Waals surface area contributed by atoms with Crippen molar-refractivity contribution in [2.75, 3.05) is 6.79 Å². The second-order valence-electron chi connectivity index (χ2n) is 5.09. The SMILES string of the molecule is CC(C)CCC(N)Cc1cccc2c1OCO2. The van der Waals surface area contributed by atoms with E-state index in [1.807, 2.05) is 12.1 Å². The molecule has 0 bridgehead atoms. The van der Waals surface area contributed by atoms with Gasteiger partial charge in [0.2, 0.25) is 6.79 Å². The minimum absolute atomic E-state index is 0.202. The molecular weight excluding hydrogens is 214 g/mol. The summed E-state index contributed by atoms with van der Waals surface area (Å²) in [5, 5.41) is 0. The monoisotopic (exact) mass is 235 g/mol. The molecule has 3 heteroatoms. The molecule has 17 heavy (non-hydrogen) atoms. The van der Waals surface area contributed by atoms with E-state index in [1.54, 1.807) is 0 Å². The van der Waals surface area contributed by atoms with Crippen molar-refractivity contribution in [3.8, 4) is 11.5 Å². The van der Waals surface area contributed by atoms with Crippen LogP contribution in [0.3, 0.4) is 0 Å². The molecule has 1 unspecified atom stereocenters. The number of hydrogen-bond acceptors (Lipinski definition) is 3. The Kier molecular flexibility index (Phi) is 3.89. The first-order valence-corrected chi connectivity index (χ1v) is 6.30. The quantitative estimate of drug-likeness (QED) is 0.853. The fourth-order valence-electron chi connectivity index (χ4n) is 2.08. The zero-order valence-corrected chi connectivity index (χ0v) is 10.6. The van der Waals surface area contributed by atoms with E-state index >= 15 is 0 Å².